The van der Waals surface area contributed by atoms with Crippen LogP contribution in [-0.4, -0.2) is 22.9 Å². The van der Waals surface area contributed by atoms with E-state index in [2.05, 4.69) is 5.32 Å². The molecule has 0 fully saturated rings. The lowest BCUT2D eigenvalue weighted by atomic mass is 10.1. The van der Waals surface area contributed by atoms with Crippen LogP contribution in [0.5, 0.6) is 0 Å². The second-order valence-electron chi connectivity index (χ2n) is 4.46. The predicted octanol–water partition coefficient (Wildman–Crippen LogP) is 3.53. The second-order valence-corrected chi connectivity index (χ2v) is 5.44. The number of hydrogen-bond acceptors (Lipinski definition) is 4. The summed E-state index contributed by atoms with van der Waals surface area (Å²) in [7, 11) is 0. The molecule has 0 radical (unpaired) electrons. The standard InChI is InChI=1S/C16H15NO3S/c1-11(16(19)20)17-14-7-3-2-6-13(14)15(18)9-8-12-5-4-10-21-12/h2-11,17H,1H3,(H,19,20)/t11-/m0/s1. The number of allylic oxidation sites excluding steroid dienone is 1. The number of carboxylic acid groups (broad SMARTS) is 1. The molecule has 1 aromatic heterocycles. The fourth-order valence-electron chi connectivity index (χ4n) is 1.75. The summed E-state index contributed by atoms with van der Waals surface area (Å²) in [6, 6.07) is 9.97. The van der Waals surface area contributed by atoms with E-state index in [0.29, 0.717) is 11.3 Å². The van der Waals surface area contributed by atoms with Crippen molar-refractivity contribution in [2.45, 2.75) is 13.0 Å². The second kappa shape index (κ2) is 6.85. The average molecular weight is 301 g/mol. The van der Waals surface area contributed by atoms with Gasteiger partial charge in [0.05, 0.1) is 0 Å². The van der Waals surface area contributed by atoms with Crippen molar-refractivity contribution in [3.8, 4) is 0 Å². The van der Waals surface area contributed by atoms with Crippen LogP contribution in [-0.2, 0) is 4.79 Å². The lowest BCUT2D eigenvalue weighted by Gasteiger charge is -2.13. The summed E-state index contributed by atoms with van der Waals surface area (Å²) in [4.78, 5) is 24.1. The summed E-state index contributed by atoms with van der Waals surface area (Å²) in [5.74, 6) is -1.13. The largest absolute Gasteiger partial charge is 0.480 e. The van der Waals surface area contributed by atoms with Crippen LogP contribution in [0.15, 0.2) is 47.9 Å². The zero-order chi connectivity index (χ0) is 15.2. The van der Waals surface area contributed by atoms with Crippen LogP contribution >= 0.6 is 11.3 Å². The van der Waals surface area contributed by atoms with Crippen molar-refractivity contribution in [3.05, 3.63) is 58.3 Å². The molecule has 108 valence electrons. The highest BCUT2D eigenvalue weighted by molar-refractivity contribution is 7.10. The van der Waals surface area contributed by atoms with Gasteiger partial charge < -0.3 is 10.4 Å². The highest BCUT2D eigenvalue weighted by atomic mass is 32.1. The molecule has 0 aliphatic heterocycles. The molecule has 0 bridgehead atoms. The van der Waals surface area contributed by atoms with Gasteiger partial charge in [0.25, 0.3) is 0 Å². The smallest absolute Gasteiger partial charge is 0.325 e. The molecule has 1 atom stereocenters. The summed E-state index contributed by atoms with van der Waals surface area (Å²) < 4.78 is 0. The van der Waals surface area contributed by atoms with Gasteiger partial charge in [0.1, 0.15) is 6.04 Å². The molecular weight excluding hydrogens is 286 g/mol. The van der Waals surface area contributed by atoms with Crippen molar-refractivity contribution in [1.82, 2.24) is 0 Å². The van der Waals surface area contributed by atoms with Gasteiger partial charge in [-0.15, -0.1) is 11.3 Å². The maximum atomic E-state index is 12.2. The SMILES string of the molecule is C[C@H](Nc1ccccc1C(=O)C=Cc1cccs1)C(=O)O. The molecule has 2 aromatic rings. The molecule has 21 heavy (non-hydrogen) atoms. The fourth-order valence-corrected chi connectivity index (χ4v) is 2.37. The molecule has 4 nitrogen and oxygen atoms in total. The third kappa shape index (κ3) is 4.03. The third-order valence-electron chi connectivity index (χ3n) is 2.88. The summed E-state index contributed by atoms with van der Waals surface area (Å²) >= 11 is 1.55. The number of carbonyl (C=O) groups is 2. The fraction of sp³-hybridized carbons (Fsp3) is 0.125. The lowest BCUT2D eigenvalue weighted by Crippen LogP contribution is -2.26. The Kier molecular flexibility index (Phi) is 4.90. The summed E-state index contributed by atoms with van der Waals surface area (Å²) in [6.07, 6.45) is 3.25. The third-order valence-corrected chi connectivity index (χ3v) is 3.71. The molecular formula is C16H15NO3S. The number of nitrogens with one attached hydrogen (secondary N) is 1. The van der Waals surface area contributed by atoms with Crippen LogP contribution in [0.4, 0.5) is 5.69 Å². The number of aliphatic carboxylic acids is 1. The maximum Gasteiger partial charge on any atom is 0.325 e. The quantitative estimate of drug-likeness (QED) is 0.633. The zero-order valence-corrected chi connectivity index (χ0v) is 12.3. The van der Waals surface area contributed by atoms with Crippen molar-refractivity contribution in [2.24, 2.45) is 0 Å². The van der Waals surface area contributed by atoms with Gasteiger partial charge in [0.15, 0.2) is 5.78 Å². The molecule has 0 saturated carbocycles. The van der Waals surface area contributed by atoms with E-state index >= 15 is 0 Å². The number of carbonyl (C=O) groups excluding carboxylic acids is 1. The summed E-state index contributed by atoms with van der Waals surface area (Å²) in [5, 5.41) is 13.7. The van der Waals surface area contributed by atoms with Crippen LogP contribution in [0.2, 0.25) is 0 Å². The van der Waals surface area contributed by atoms with Crippen molar-refractivity contribution in [3.63, 3.8) is 0 Å². The number of rotatable bonds is 6. The van der Waals surface area contributed by atoms with Crippen LogP contribution in [0, 0.1) is 0 Å². The van der Waals surface area contributed by atoms with E-state index < -0.39 is 12.0 Å². The molecule has 0 aliphatic carbocycles. The van der Waals surface area contributed by atoms with E-state index in [0.717, 1.165) is 4.88 Å². The molecule has 2 N–H and O–H groups in total. The van der Waals surface area contributed by atoms with Crippen molar-refractivity contribution in [2.75, 3.05) is 5.32 Å². The zero-order valence-electron chi connectivity index (χ0n) is 11.4. The van der Waals surface area contributed by atoms with E-state index in [4.69, 9.17) is 5.11 Å². The molecule has 0 saturated heterocycles. The Morgan fingerprint density at radius 1 is 1.24 bits per heavy atom. The van der Waals surface area contributed by atoms with E-state index in [1.54, 1.807) is 41.7 Å². The maximum absolute atomic E-state index is 12.2. The minimum absolute atomic E-state index is 0.163. The van der Waals surface area contributed by atoms with Crippen molar-refractivity contribution in [1.29, 1.82) is 0 Å². The van der Waals surface area contributed by atoms with Crippen LogP contribution in [0.3, 0.4) is 0 Å². The summed E-state index contributed by atoms with van der Waals surface area (Å²) in [6.45, 7) is 1.53. The predicted molar refractivity (Wildman–Crippen MR) is 84.8 cm³/mol. The Bertz CT molecular complexity index is 662. The monoisotopic (exact) mass is 301 g/mol. The Labute approximate surface area is 126 Å². The topological polar surface area (TPSA) is 66.4 Å². The Morgan fingerprint density at radius 3 is 2.67 bits per heavy atom. The minimum atomic E-state index is -0.966. The van der Waals surface area contributed by atoms with Gasteiger partial charge in [-0.05, 0) is 42.7 Å². The van der Waals surface area contributed by atoms with E-state index in [-0.39, 0.29) is 5.78 Å². The number of benzene rings is 1. The van der Waals surface area contributed by atoms with Gasteiger partial charge in [0.2, 0.25) is 0 Å². The lowest BCUT2D eigenvalue weighted by molar-refractivity contribution is -0.137. The normalized spacial score (nSPS) is 12.2. The number of thiophene rings is 1. The van der Waals surface area contributed by atoms with Gasteiger partial charge in [-0.1, -0.05) is 18.2 Å². The van der Waals surface area contributed by atoms with E-state index in [9.17, 15) is 9.59 Å². The van der Waals surface area contributed by atoms with E-state index in [1.807, 2.05) is 17.5 Å². The first-order chi connectivity index (χ1) is 10.1. The Balaban J connectivity index is 2.19. The molecule has 2 rings (SSSR count). The van der Waals surface area contributed by atoms with Crippen LogP contribution in [0.25, 0.3) is 6.08 Å². The average Bonchev–Trinajstić information content (AvgIpc) is 2.98. The number of hydrogen-bond donors (Lipinski definition) is 2. The molecule has 0 spiro atoms. The Morgan fingerprint density at radius 2 is 2.00 bits per heavy atom. The van der Waals surface area contributed by atoms with Crippen LogP contribution < -0.4 is 5.32 Å². The first-order valence-electron chi connectivity index (χ1n) is 6.42. The highest BCUT2D eigenvalue weighted by Crippen LogP contribution is 2.18. The first-order valence-corrected chi connectivity index (χ1v) is 7.30. The van der Waals surface area contributed by atoms with Crippen molar-refractivity contribution < 1.29 is 14.7 Å². The number of anilines is 1. The van der Waals surface area contributed by atoms with Gasteiger partial charge in [0, 0.05) is 16.1 Å². The molecule has 0 amide bonds. The minimum Gasteiger partial charge on any atom is -0.480 e. The highest BCUT2D eigenvalue weighted by Gasteiger charge is 2.14. The number of carboxylic acids is 1. The molecule has 5 heteroatoms. The molecule has 1 heterocycles. The Hall–Kier alpha value is -2.40. The first kappa shape index (κ1) is 15.0. The molecule has 1 aromatic carbocycles. The number of para-hydroxylation sites is 1. The molecule has 0 unspecified atom stereocenters. The number of ketones is 1. The van der Waals surface area contributed by atoms with Gasteiger partial charge in [-0.25, -0.2) is 0 Å². The molecule has 0 aliphatic rings. The van der Waals surface area contributed by atoms with Gasteiger partial charge >= 0.3 is 5.97 Å². The van der Waals surface area contributed by atoms with E-state index in [1.165, 1.54) is 13.0 Å². The van der Waals surface area contributed by atoms with Crippen LogP contribution in [0.1, 0.15) is 22.2 Å². The van der Waals surface area contributed by atoms with Gasteiger partial charge in [-0.3, -0.25) is 9.59 Å². The van der Waals surface area contributed by atoms with Gasteiger partial charge in [-0.2, -0.15) is 0 Å². The van der Waals surface area contributed by atoms with Crippen molar-refractivity contribution >= 4 is 34.9 Å². The summed E-state index contributed by atoms with van der Waals surface area (Å²) in [5.41, 5.74) is 0.978.